The van der Waals surface area contributed by atoms with Gasteiger partial charge in [-0.15, -0.1) is 0 Å². The average molecular weight is 468 g/mol. The number of hydrogen-bond donors (Lipinski definition) is 0. The fourth-order valence-corrected chi connectivity index (χ4v) is 4.61. The second kappa shape index (κ2) is 12.1. The number of carbonyl (C=O) groups is 1. The summed E-state index contributed by atoms with van der Waals surface area (Å²) in [5, 5.41) is 0. The standard InChI is InChI=1S/C30H29NO2S/c1-24(32)33-28-14-18-30(19-15-28)34-29-16-12-27(13-17-29)31(22-20-25-8-4-2-5-9-25)23-21-26-10-6-3-7-11-26/h2-19H,20-23H2,1H3. The lowest BCUT2D eigenvalue weighted by Gasteiger charge is -2.25. The molecule has 0 unspecified atom stereocenters. The summed E-state index contributed by atoms with van der Waals surface area (Å²) in [6.07, 6.45) is 2.03. The number of rotatable bonds is 10. The van der Waals surface area contributed by atoms with Crippen LogP contribution in [0.1, 0.15) is 18.1 Å². The van der Waals surface area contributed by atoms with Crippen molar-refractivity contribution in [3.05, 3.63) is 120 Å². The van der Waals surface area contributed by atoms with Crippen molar-refractivity contribution in [3.8, 4) is 5.75 Å². The zero-order valence-corrected chi connectivity index (χ0v) is 20.2. The van der Waals surface area contributed by atoms with Gasteiger partial charge < -0.3 is 9.64 Å². The molecule has 4 aromatic carbocycles. The van der Waals surface area contributed by atoms with Crippen LogP contribution in [-0.2, 0) is 17.6 Å². The number of ether oxygens (including phenoxy) is 1. The van der Waals surface area contributed by atoms with Crippen molar-refractivity contribution < 1.29 is 9.53 Å². The molecular formula is C30H29NO2S. The van der Waals surface area contributed by atoms with Crippen LogP contribution in [0.5, 0.6) is 5.75 Å². The van der Waals surface area contributed by atoms with Gasteiger partial charge in [-0.1, -0.05) is 72.4 Å². The molecule has 0 amide bonds. The Balaban J connectivity index is 1.42. The molecule has 0 atom stereocenters. The SMILES string of the molecule is CC(=O)Oc1ccc(Sc2ccc(N(CCc3ccccc3)CCc3ccccc3)cc2)cc1. The van der Waals surface area contributed by atoms with Gasteiger partial charge in [-0.25, -0.2) is 0 Å². The average Bonchev–Trinajstić information content (AvgIpc) is 2.87. The molecule has 4 heteroatoms. The van der Waals surface area contributed by atoms with Gasteiger partial charge in [-0.3, -0.25) is 4.79 Å². The lowest BCUT2D eigenvalue weighted by molar-refractivity contribution is -0.131. The van der Waals surface area contributed by atoms with E-state index in [9.17, 15) is 4.79 Å². The molecule has 0 bridgehead atoms. The van der Waals surface area contributed by atoms with Crippen LogP contribution in [0.25, 0.3) is 0 Å². The molecule has 0 radical (unpaired) electrons. The summed E-state index contributed by atoms with van der Waals surface area (Å²) in [7, 11) is 0. The van der Waals surface area contributed by atoms with Gasteiger partial charge in [-0.2, -0.15) is 0 Å². The molecule has 0 fully saturated rings. The summed E-state index contributed by atoms with van der Waals surface area (Å²) in [5.74, 6) is 0.264. The Hall–Kier alpha value is -3.50. The van der Waals surface area contributed by atoms with Crippen molar-refractivity contribution in [3.63, 3.8) is 0 Å². The highest BCUT2D eigenvalue weighted by Gasteiger charge is 2.09. The van der Waals surface area contributed by atoms with Crippen molar-refractivity contribution in [2.24, 2.45) is 0 Å². The van der Waals surface area contributed by atoms with Crippen molar-refractivity contribution in [2.75, 3.05) is 18.0 Å². The van der Waals surface area contributed by atoms with Crippen LogP contribution >= 0.6 is 11.8 Å². The summed E-state index contributed by atoms with van der Waals surface area (Å²) in [4.78, 5) is 15.9. The number of benzene rings is 4. The number of hydrogen-bond acceptors (Lipinski definition) is 4. The van der Waals surface area contributed by atoms with E-state index in [0.29, 0.717) is 5.75 Å². The fraction of sp³-hybridized carbons (Fsp3) is 0.167. The van der Waals surface area contributed by atoms with Gasteiger partial charge in [0.05, 0.1) is 0 Å². The summed E-state index contributed by atoms with van der Waals surface area (Å²) in [5.41, 5.74) is 3.95. The third kappa shape index (κ3) is 7.26. The van der Waals surface area contributed by atoms with Crippen LogP contribution in [-0.4, -0.2) is 19.1 Å². The van der Waals surface area contributed by atoms with Gasteiger partial charge in [0.25, 0.3) is 0 Å². The monoisotopic (exact) mass is 467 g/mol. The minimum Gasteiger partial charge on any atom is -0.427 e. The molecule has 4 aromatic rings. The van der Waals surface area contributed by atoms with Crippen molar-refractivity contribution in [1.82, 2.24) is 0 Å². The minimum absolute atomic E-state index is 0.305. The van der Waals surface area contributed by atoms with Crippen LogP contribution in [0.2, 0.25) is 0 Å². The summed E-state index contributed by atoms with van der Waals surface area (Å²) < 4.78 is 5.12. The van der Waals surface area contributed by atoms with Gasteiger partial charge in [-0.05, 0) is 72.5 Å². The van der Waals surface area contributed by atoms with E-state index >= 15 is 0 Å². The van der Waals surface area contributed by atoms with Crippen LogP contribution in [0.15, 0.2) is 119 Å². The maximum absolute atomic E-state index is 11.1. The van der Waals surface area contributed by atoms with E-state index in [2.05, 4.69) is 89.8 Å². The highest BCUT2D eigenvalue weighted by molar-refractivity contribution is 7.99. The number of nitrogens with zero attached hydrogens (tertiary/aromatic N) is 1. The maximum atomic E-state index is 11.1. The predicted molar refractivity (Wildman–Crippen MR) is 141 cm³/mol. The van der Waals surface area contributed by atoms with E-state index in [1.807, 2.05) is 24.3 Å². The van der Waals surface area contributed by atoms with Gasteiger partial charge in [0.15, 0.2) is 0 Å². The van der Waals surface area contributed by atoms with Crippen LogP contribution in [0.3, 0.4) is 0 Å². The van der Waals surface area contributed by atoms with E-state index < -0.39 is 0 Å². The first-order valence-electron chi connectivity index (χ1n) is 11.5. The molecule has 0 heterocycles. The van der Waals surface area contributed by atoms with E-state index in [-0.39, 0.29) is 5.97 Å². The molecule has 0 aliphatic carbocycles. The van der Waals surface area contributed by atoms with Crippen LogP contribution in [0.4, 0.5) is 5.69 Å². The van der Waals surface area contributed by atoms with Gasteiger partial charge in [0.2, 0.25) is 0 Å². The second-order valence-electron chi connectivity index (χ2n) is 8.12. The Bertz CT molecular complexity index is 1120. The van der Waals surface area contributed by atoms with E-state index in [4.69, 9.17) is 4.74 Å². The van der Waals surface area contributed by atoms with Gasteiger partial charge in [0.1, 0.15) is 5.75 Å². The van der Waals surface area contributed by atoms with E-state index in [0.717, 1.165) is 30.8 Å². The molecule has 0 aromatic heterocycles. The molecule has 4 rings (SSSR count). The van der Waals surface area contributed by atoms with E-state index in [1.54, 1.807) is 11.8 Å². The van der Waals surface area contributed by atoms with Gasteiger partial charge >= 0.3 is 5.97 Å². The molecule has 0 spiro atoms. The van der Waals surface area contributed by atoms with Crippen molar-refractivity contribution in [2.45, 2.75) is 29.6 Å². The fourth-order valence-electron chi connectivity index (χ4n) is 3.79. The Morgan fingerprint density at radius 3 is 1.62 bits per heavy atom. The Morgan fingerprint density at radius 1 is 0.676 bits per heavy atom. The lowest BCUT2D eigenvalue weighted by Crippen LogP contribution is -2.28. The first-order chi connectivity index (χ1) is 16.7. The van der Waals surface area contributed by atoms with Crippen molar-refractivity contribution >= 4 is 23.4 Å². The van der Waals surface area contributed by atoms with Crippen LogP contribution in [0, 0.1) is 0 Å². The molecule has 172 valence electrons. The second-order valence-corrected chi connectivity index (χ2v) is 9.27. The largest absolute Gasteiger partial charge is 0.427 e. The zero-order valence-electron chi connectivity index (χ0n) is 19.4. The summed E-state index contributed by atoms with van der Waals surface area (Å²) in [6, 6.07) is 37.7. The third-order valence-corrected chi connectivity index (χ3v) is 6.57. The number of esters is 1. The molecule has 0 N–H and O–H groups in total. The third-order valence-electron chi connectivity index (χ3n) is 5.55. The zero-order chi connectivity index (χ0) is 23.6. The maximum Gasteiger partial charge on any atom is 0.308 e. The molecule has 0 saturated carbocycles. The topological polar surface area (TPSA) is 29.5 Å². The first-order valence-corrected chi connectivity index (χ1v) is 12.4. The predicted octanol–water partition coefficient (Wildman–Crippen LogP) is 7.05. The van der Waals surface area contributed by atoms with E-state index in [1.165, 1.54) is 28.6 Å². The van der Waals surface area contributed by atoms with Gasteiger partial charge in [0, 0.05) is 35.5 Å². The molecular weight excluding hydrogens is 438 g/mol. The first kappa shape index (κ1) is 23.7. The normalized spacial score (nSPS) is 10.6. The number of anilines is 1. The molecule has 0 aliphatic heterocycles. The molecule has 34 heavy (non-hydrogen) atoms. The molecule has 0 aliphatic rings. The molecule has 3 nitrogen and oxygen atoms in total. The Morgan fingerprint density at radius 2 is 1.15 bits per heavy atom. The Labute approximate surface area is 206 Å². The minimum atomic E-state index is -0.305. The molecule has 0 saturated heterocycles. The quantitative estimate of drug-likeness (QED) is 0.185. The van der Waals surface area contributed by atoms with Crippen LogP contribution < -0.4 is 9.64 Å². The smallest absolute Gasteiger partial charge is 0.308 e. The summed E-state index contributed by atoms with van der Waals surface area (Å²) in [6.45, 7) is 3.36. The summed E-state index contributed by atoms with van der Waals surface area (Å²) >= 11 is 1.70. The van der Waals surface area contributed by atoms with Crippen molar-refractivity contribution in [1.29, 1.82) is 0 Å². The number of carbonyl (C=O) groups excluding carboxylic acids is 1. The Kier molecular flexibility index (Phi) is 8.42. The highest BCUT2D eigenvalue weighted by Crippen LogP contribution is 2.30. The lowest BCUT2D eigenvalue weighted by atomic mass is 10.1. The highest BCUT2D eigenvalue weighted by atomic mass is 32.2.